The maximum Gasteiger partial charge on any atom is 0.229 e. The van der Waals surface area contributed by atoms with Crippen molar-refractivity contribution in [1.29, 1.82) is 0 Å². The molecule has 5 heteroatoms. The number of rotatable bonds is 5. The van der Waals surface area contributed by atoms with E-state index in [9.17, 15) is 9.59 Å². The summed E-state index contributed by atoms with van der Waals surface area (Å²) in [6.45, 7) is 7.60. The van der Waals surface area contributed by atoms with Gasteiger partial charge in [-0.25, -0.2) is 0 Å². The summed E-state index contributed by atoms with van der Waals surface area (Å²) >= 11 is 0. The lowest BCUT2D eigenvalue weighted by atomic mass is 9.95. The van der Waals surface area contributed by atoms with E-state index in [4.69, 9.17) is 5.73 Å². The topological polar surface area (TPSA) is 84.2 Å². The first-order valence-corrected chi connectivity index (χ1v) is 6.74. The molecule has 1 unspecified atom stereocenters. The zero-order valence-corrected chi connectivity index (χ0v) is 12.5. The third-order valence-electron chi connectivity index (χ3n) is 3.21. The molecule has 0 bridgehead atoms. The molecule has 0 aliphatic carbocycles. The molecule has 1 rings (SSSR count). The molecule has 0 heterocycles. The highest BCUT2D eigenvalue weighted by atomic mass is 16.2. The number of amides is 2. The second-order valence-corrected chi connectivity index (χ2v) is 5.29. The minimum absolute atomic E-state index is 0.0921. The van der Waals surface area contributed by atoms with E-state index >= 15 is 0 Å². The van der Waals surface area contributed by atoms with Crippen molar-refractivity contribution >= 4 is 23.2 Å². The highest BCUT2D eigenvalue weighted by Gasteiger charge is 2.21. The number of nitrogens with one attached hydrogen (secondary N) is 2. The van der Waals surface area contributed by atoms with Gasteiger partial charge >= 0.3 is 0 Å². The molecule has 4 N–H and O–H groups in total. The molecule has 0 fully saturated rings. The summed E-state index contributed by atoms with van der Waals surface area (Å²) in [5, 5.41) is 5.58. The highest BCUT2D eigenvalue weighted by Crippen LogP contribution is 2.22. The van der Waals surface area contributed by atoms with Crippen LogP contribution in [0.2, 0.25) is 0 Å². The fourth-order valence-electron chi connectivity index (χ4n) is 1.95. The maximum atomic E-state index is 12.2. The van der Waals surface area contributed by atoms with Crippen molar-refractivity contribution < 1.29 is 9.59 Å². The van der Waals surface area contributed by atoms with E-state index in [1.165, 1.54) is 6.92 Å². The average molecular weight is 277 g/mol. The van der Waals surface area contributed by atoms with E-state index in [1.807, 2.05) is 26.8 Å². The van der Waals surface area contributed by atoms with Crippen LogP contribution in [0.4, 0.5) is 11.4 Å². The number of carbonyl (C=O) groups excluding carboxylic acids is 2. The van der Waals surface area contributed by atoms with Gasteiger partial charge in [-0.2, -0.15) is 0 Å². The summed E-state index contributed by atoms with van der Waals surface area (Å²) in [6.07, 6.45) is 0. The van der Waals surface area contributed by atoms with E-state index in [-0.39, 0.29) is 23.7 Å². The minimum Gasteiger partial charge on any atom is -0.330 e. The molecule has 1 atom stereocenters. The molecule has 0 saturated carbocycles. The molecular weight excluding hydrogens is 254 g/mol. The van der Waals surface area contributed by atoms with E-state index in [0.717, 1.165) is 5.56 Å². The molecule has 110 valence electrons. The molecular formula is C15H23N3O2. The Kier molecular flexibility index (Phi) is 5.70. The fourth-order valence-corrected chi connectivity index (χ4v) is 1.95. The minimum atomic E-state index is -0.223. The summed E-state index contributed by atoms with van der Waals surface area (Å²) in [4.78, 5) is 23.3. The van der Waals surface area contributed by atoms with E-state index in [1.54, 1.807) is 12.1 Å². The number of carbonyl (C=O) groups is 2. The largest absolute Gasteiger partial charge is 0.330 e. The van der Waals surface area contributed by atoms with Crippen LogP contribution in [-0.2, 0) is 9.59 Å². The first kappa shape index (κ1) is 16.2. The predicted molar refractivity (Wildman–Crippen MR) is 81.5 cm³/mol. The Morgan fingerprint density at radius 1 is 1.25 bits per heavy atom. The van der Waals surface area contributed by atoms with Crippen molar-refractivity contribution in [3.05, 3.63) is 23.8 Å². The van der Waals surface area contributed by atoms with Crippen LogP contribution in [0.1, 0.15) is 26.3 Å². The van der Waals surface area contributed by atoms with E-state index in [2.05, 4.69) is 10.6 Å². The van der Waals surface area contributed by atoms with Gasteiger partial charge in [0, 0.05) is 24.8 Å². The Morgan fingerprint density at radius 2 is 1.90 bits per heavy atom. The van der Waals surface area contributed by atoms with Gasteiger partial charge < -0.3 is 16.4 Å². The number of benzene rings is 1. The van der Waals surface area contributed by atoms with Crippen LogP contribution in [0.3, 0.4) is 0 Å². The second kappa shape index (κ2) is 7.05. The molecule has 0 aromatic heterocycles. The van der Waals surface area contributed by atoms with Crippen molar-refractivity contribution in [3.63, 3.8) is 0 Å². The molecule has 2 amide bonds. The normalized spacial score (nSPS) is 12.1. The number of hydrogen-bond acceptors (Lipinski definition) is 3. The monoisotopic (exact) mass is 277 g/mol. The van der Waals surface area contributed by atoms with Crippen molar-refractivity contribution in [2.24, 2.45) is 17.6 Å². The smallest absolute Gasteiger partial charge is 0.229 e. The summed E-state index contributed by atoms with van der Waals surface area (Å²) in [5.41, 5.74) is 7.94. The molecule has 0 aliphatic rings. The third-order valence-corrected chi connectivity index (χ3v) is 3.21. The maximum absolute atomic E-state index is 12.2. The van der Waals surface area contributed by atoms with Gasteiger partial charge in [-0.05, 0) is 30.5 Å². The quantitative estimate of drug-likeness (QED) is 0.770. The molecule has 0 aliphatic heterocycles. The van der Waals surface area contributed by atoms with E-state index in [0.29, 0.717) is 17.9 Å². The number of hydrogen-bond donors (Lipinski definition) is 3. The molecule has 5 nitrogen and oxygen atoms in total. The standard InChI is InChI=1S/C15H23N3O2/c1-9(2)13(8-16)15(20)18-14-7-12(17-11(4)19)6-5-10(14)3/h5-7,9,13H,8,16H2,1-4H3,(H,17,19)(H,18,20). The Balaban J connectivity index is 2.90. The van der Waals surface area contributed by atoms with Gasteiger partial charge in [-0.1, -0.05) is 19.9 Å². The van der Waals surface area contributed by atoms with Crippen molar-refractivity contribution in [2.75, 3.05) is 17.2 Å². The Hall–Kier alpha value is -1.88. The van der Waals surface area contributed by atoms with Crippen LogP contribution in [0.15, 0.2) is 18.2 Å². The molecule has 1 aromatic carbocycles. The summed E-state index contributed by atoms with van der Waals surface area (Å²) in [6, 6.07) is 5.41. The first-order chi connectivity index (χ1) is 9.35. The molecule has 0 saturated heterocycles. The predicted octanol–water partition coefficient (Wildman–Crippen LogP) is 2.12. The van der Waals surface area contributed by atoms with Crippen LogP contribution in [-0.4, -0.2) is 18.4 Å². The van der Waals surface area contributed by atoms with Crippen LogP contribution in [0, 0.1) is 18.8 Å². The van der Waals surface area contributed by atoms with Gasteiger partial charge in [0.2, 0.25) is 11.8 Å². The number of nitrogens with two attached hydrogens (primary N) is 1. The lowest BCUT2D eigenvalue weighted by molar-refractivity contribution is -0.120. The summed E-state index contributed by atoms with van der Waals surface area (Å²) in [7, 11) is 0. The van der Waals surface area contributed by atoms with Gasteiger partial charge in [0.25, 0.3) is 0 Å². The lowest BCUT2D eigenvalue weighted by Crippen LogP contribution is -2.33. The molecule has 20 heavy (non-hydrogen) atoms. The van der Waals surface area contributed by atoms with Crippen LogP contribution >= 0.6 is 0 Å². The molecule has 0 spiro atoms. The first-order valence-electron chi connectivity index (χ1n) is 6.74. The average Bonchev–Trinajstić information content (AvgIpc) is 2.33. The van der Waals surface area contributed by atoms with Gasteiger partial charge in [-0.3, -0.25) is 9.59 Å². The van der Waals surface area contributed by atoms with Crippen LogP contribution < -0.4 is 16.4 Å². The molecule has 0 radical (unpaired) electrons. The molecule has 1 aromatic rings. The zero-order valence-electron chi connectivity index (χ0n) is 12.5. The van der Waals surface area contributed by atoms with Crippen molar-refractivity contribution in [3.8, 4) is 0 Å². The summed E-state index contributed by atoms with van der Waals surface area (Å²) in [5.74, 6) is -0.281. The fraction of sp³-hybridized carbons (Fsp3) is 0.467. The number of aryl methyl sites for hydroxylation is 1. The van der Waals surface area contributed by atoms with Gasteiger partial charge in [0.1, 0.15) is 0 Å². The Morgan fingerprint density at radius 3 is 2.40 bits per heavy atom. The van der Waals surface area contributed by atoms with Crippen molar-refractivity contribution in [1.82, 2.24) is 0 Å². The van der Waals surface area contributed by atoms with Crippen molar-refractivity contribution in [2.45, 2.75) is 27.7 Å². The number of anilines is 2. The van der Waals surface area contributed by atoms with Gasteiger partial charge in [0.05, 0.1) is 5.92 Å². The summed E-state index contributed by atoms with van der Waals surface area (Å²) < 4.78 is 0. The van der Waals surface area contributed by atoms with E-state index < -0.39 is 0 Å². The SMILES string of the molecule is CC(=O)Nc1ccc(C)c(NC(=O)C(CN)C(C)C)c1. The van der Waals surface area contributed by atoms with Crippen LogP contribution in [0.5, 0.6) is 0 Å². The Labute approximate surface area is 119 Å². The lowest BCUT2D eigenvalue weighted by Gasteiger charge is -2.19. The third kappa shape index (κ3) is 4.35. The van der Waals surface area contributed by atoms with Gasteiger partial charge in [-0.15, -0.1) is 0 Å². The highest BCUT2D eigenvalue weighted by molar-refractivity contribution is 5.95. The van der Waals surface area contributed by atoms with Crippen LogP contribution in [0.25, 0.3) is 0 Å². The zero-order chi connectivity index (χ0) is 15.3. The van der Waals surface area contributed by atoms with Gasteiger partial charge in [0.15, 0.2) is 0 Å². The Bertz CT molecular complexity index is 498. The second-order valence-electron chi connectivity index (χ2n) is 5.29.